The van der Waals surface area contributed by atoms with Gasteiger partial charge in [-0.05, 0) is 31.3 Å². The smallest absolute Gasteiger partial charge is 0.269 e. The first-order valence-corrected chi connectivity index (χ1v) is 7.40. The number of nitrogens with one attached hydrogen (secondary N) is 3. The summed E-state index contributed by atoms with van der Waals surface area (Å²) in [6.07, 6.45) is 0. The number of hydrogen-bond donors (Lipinski definition) is 3. The van der Waals surface area contributed by atoms with Crippen molar-refractivity contribution in [1.29, 1.82) is 0 Å². The Bertz CT molecular complexity index is 594. The maximum Gasteiger partial charge on any atom is 0.269 e. The van der Waals surface area contributed by atoms with Gasteiger partial charge in [0.1, 0.15) is 0 Å². The summed E-state index contributed by atoms with van der Waals surface area (Å²) in [6, 6.07) is 5.35. The average Bonchev–Trinajstić information content (AvgIpc) is 2.44. The number of hydrogen-bond acceptors (Lipinski definition) is 4. The maximum atomic E-state index is 11.7. The molecule has 7 nitrogen and oxygen atoms in total. The van der Waals surface area contributed by atoms with Crippen LogP contribution in [-0.4, -0.2) is 27.3 Å². The molecule has 0 saturated carbocycles. The van der Waals surface area contributed by atoms with E-state index in [1.165, 1.54) is 31.3 Å². The molecule has 0 aromatic heterocycles. The van der Waals surface area contributed by atoms with Gasteiger partial charge in [0.25, 0.3) is 5.91 Å². The fraction of sp³-hybridized carbons (Fsp3) is 0.333. The van der Waals surface area contributed by atoms with Crippen LogP contribution in [0.1, 0.15) is 24.2 Å². The Balaban J connectivity index is 2.74. The Morgan fingerprint density at radius 1 is 1.05 bits per heavy atom. The summed E-state index contributed by atoms with van der Waals surface area (Å²) < 4.78 is 25.2. The molecule has 1 aromatic rings. The van der Waals surface area contributed by atoms with Crippen LogP contribution in [0, 0.1) is 5.92 Å². The lowest BCUT2D eigenvalue weighted by atomic mass is 10.2. The van der Waals surface area contributed by atoms with Gasteiger partial charge in [-0.15, -0.1) is 0 Å². The van der Waals surface area contributed by atoms with Gasteiger partial charge in [0.05, 0.1) is 4.90 Å². The molecule has 2 amide bonds. The third kappa shape index (κ3) is 4.04. The fourth-order valence-electron chi connectivity index (χ4n) is 1.24. The molecular formula is C12H17N3O4S. The van der Waals surface area contributed by atoms with Crippen molar-refractivity contribution in [3.05, 3.63) is 29.8 Å². The molecule has 0 bridgehead atoms. The molecule has 0 radical (unpaired) electrons. The highest BCUT2D eigenvalue weighted by Crippen LogP contribution is 2.09. The minimum Gasteiger partial charge on any atom is -0.273 e. The molecule has 0 saturated heterocycles. The van der Waals surface area contributed by atoms with Crippen LogP contribution in [0.25, 0.3) is 0 Å². The Morgan fingerprint density at radius 3 is 2.05 bits per heavy atom. The monoisotopic (exact) mass is 299 g/mol. The molecule has 3 N–H and O–H groups in total. The molecule has 8 heteroatoms. The molecular weight excluding hydrogens is 282 g/mol. The first kappa shape index (κ1) is 16.1. The maximum absolute atomic E-state index is 11.7. The molecule has 0 unspecified atom stereocenters. The number of rotatable bonds is 4. The van der Waals surface area contributed by atoms with Crippen LogP contribution in [0.15, 0.2) is 29.2 Å². The van der Waals surface area contributed by atoms with Gasteiger partial charge >= 0.3 is 0 Å². The van der Waals surface area contributed by atoms with Crippen molar-refractivity contribution >= 4 is 21.8 Å². The van der Waals surface area contributed by atoms with Crippen molar-refractivity contribution in [2.24, 2.45) is 5.92 Å². The van der Waals surface area contributed by atoms with Crippen LogP contribution >= 0.6 is 0 Å². The Hall–Kier alpha value is -1.93. The second-order valence-electron chi connectivity index (χ2n) is 4.33. The van der Waals surface area contributed by atoms with E-state index in [1.807, 2.05) is 0 Å². The highest BCUT2D eigenvalue weighted by atomic mass is 32.2. The molecule has 1 rings (SSSR count). The standard InChI is InChI=1S/C12H17N3O4S/c1-8(2)11(16)14-15-12(17)9-4-6-10(7-5-9)20(18,19)13-3/h4-8,13H,1-3H3,(H,14,16)(H,15,17). The lowest BCUT2D eigenvalue weighted by Crippen LogP contribution is -2.43. The van der Waals surface area contributed by atoms with Crippen molar-refractivity contribution in [3.8, 4) is 0 Å². The molecule has 110 valence electrons. The summed E-state index contributed by atoms with van der Waals surface area (Å²) in [5, 5.41) is 0. The van der Waals surface area contributed by atoms with E-state index in [4.69, 9.17) is 0 Å². The minimum absolute atomic E-state index is 0.0581. The van der Waals surface area contributed by atoms with Crippen LogP contribution < -0.4 is 15.6 Å². The van der Waals surface area contributed by atoms with Gasteiger partial charge in [-0.1, -0.05) is 13.8 Å². The molecule has 0 atom stereocenters. The summed E-state index contributed by atoms with van der Waals surface area (Å²) in [6.45, 7) is 3.39. The molecule has 20 heavy (non-hydrogen) atoms. The first-order chi connectivity index (χ1) is 9.27. The zero-order chi connectivity index (χ0) is 15.3. The molecule has 0 aliphatic rings. The topological polar surface area (TPSA) is 104 Å². The second kappa shape index (κ2) is 6.49. The van der Waals surface area contributed by atoms with Crippen molar-refractivity contribution in [1.82, 2.24) is 15.6 Å². The molecule has 0 heterocycles. The van der Waals surface area contributed by atoms with Crippen LogP contribution in [0.3, 0.4) is 0 Å². The van der Waals surface area contributed by atoms with E-state index >= 15 is 0 Å². The second-order valence-corrected chi connectivity index (χ2v) is 6.22. The molecule has 1 aromatic carbocycles. The highest BCUT2D eigenvalue weighted by molar-refractivity contribution is 7.89. The Morgan fingerprint density at radius 2 is 1.60 bits per heavy atom. The Labute approximate surface area is 117 Å². The van der Waals surface area contributed by atoms with Gasteiger partial charge in [-0.2, -0.15) is 0 Å². The Kier molecular flexibility index (Phi) is 5.23. The molecule has 0 aliphatic heterocycles. The average molecular weight is 299 g/mol. The van der Waals surface area contributed by atoms with Crippen molar-refractivity contribution in [2.75, 3.05) is 7.05 Å². The predicted octanol–water partition coefficient (Wildman–Crippen LogP) is 0.0117. The van der Waals surface area contributed by atoms with Crippen LogP contribution in [-0.2, 0) is 14.8 Å². The third-order valence-electron chi connectivity index (χ3n) is 2.52. The van der Waals surface area contributed by atoms with Crippen LogP contribution in [0.2, 0.25) is 0 Å². The number of benzene rings is 1. The van der Waals surface area contributed by atoms with Crippen molar-refractivity contribution in [3.63, 3.8) is 0 Å². The number of hydrazine groups is 1. The van der Waals surface area contributed by atoms with Crippen molar-refractivity contribution < 1.29 is 18.0 Å². The summed E-state index contributed by atoms with van der Waals surface area (Å²) in [4.78, 5) is 23.1. The highest BCUT2D eigenvalue weighted by Gasteiger charge is 2.13. The largest absolute Gasteiger partial charge is 0.273 e. The normalized spacial score (nSPS) is 11.2. The first-order valence-electron chi connectivity index (χ1n) is 5.91. The van der Waals surface area contributed by atoms with E-state index in [1.54, 1.807) is 13.8 Å². The van der Waals surface area contributed by atoms with E-state index in [0.717, 1.165) is 0 Å². The van der Waals surface area contributed by atoms with E-state index in [2.05, 4.69) is 15.6 Å². The lowest BCUT2D eigenvalue weighted by molar-refractivity contribution is -0.124. The number of carbonyl (C=O) groups excluding carboxylic acids is 2. The SMILES string of the molecule is CNS(=O)(=O)c1ccc(C(=O)NNC(=O)C(C)C)cc1. The zero-order valence-corrected chi connectivity index (χ0v) is 12.2. The van der Waals surface area contributed by atoms with Gasteiger partial charge in [0, 0.05) is 11.5 Å². The predicted molar refractivity (Wildman–Crippen MR) is 73.1 cm³/mol. The van der Waals surface area contributed by atoms with Gasteiger partial charge < -0.3 is 0 Å². The van der Waals surface area contributed by atoms with Gasteiger partial charge in [-0.3, -0.25) is 20.4 Å². The van der Waals surface area contributed by atoms with Crippen LogP contribution in [0.4, 0.5) is 0 Å². The summed E-state index contributed by atoms with van der Waals surface area (Å²) in [5.74, 6) is -1.08. The molecule has 0 fully saturated rings. The number of amides is 2. The lowest BCUT2D eigenvalue weighted by Gasteiger charge is -2.09. The molecule has 0 aliphatic carbocycles. The summed E-state index contributed by atoms with van der Waals surface area (Å²) >= 11 is 0. The third-order valence-corrected chi connectivity index (χ3v) is 3.95. The quantitative estimate of drug-likeness (QED) is 0.681. The fourth-order valence-corrected chi connectivity index (χ4v) is 1.97. The van der Waals surface area contributed by atoms with Crippen LogP contribution in [0.5, 0.6) is 0 Å². The summed E-state index contributed by atoms with van der Waals surface area (Å²) in [5.41, 5.74) is 4.76. The number of sulfonamides is 1. The van der Waals surface area contributed by atoms with E-state index in [-0.39, 0.29) is 22.3 Å². The van der Waals surface area contributed by atoms with Gasteiger partial charge in [0.2, 0.25) is 15.9 Å². The van der Waals surface area contributed by atoms with Gasteiger partial charge in [-0.25, -0.2) is 13.1 Å². The van der Waals surface area contributed by atoms with Gasteiger partial charge in [0.15, 0.2) is 0 Å². The van der Waals surface area contributed by atoms with E-state index in [0.29, 0.717) is 0 Å². The molecule has 0 spiro atoms. The number of carbonyl (C=O) groups is 2. The summed E-state index contributed by atoms with van der Waals surface area (Å²) in [7, 11) is -2.23. The zero-order valence-electron chi connectivity index (χ0n) is 11.4. The van der Waals surface area contributed by atoms with E-state index in [9.17, 15) is 18.0 Å². The van der Waals surface area contributed by atoms with E-state index < -0.39 is 15.9 Å². The van der Waals surface area contributed by atoms with Crippen molar-refractivity contribution in [2.45, 2.75) is 18.7 Å². The minimum atomic E-state index is -3.53.